The monoisotopic (exact) mass is 579 g/mol. The first kappa shape index (κ1) is 28.6. The third kappa shape index (κ3) is 6.04. The number of allylic oxidation sites excluding steroid dienone is 1. The molecular formula is C28H28F3N9O2. The average Bonchev–Trinajstić information content (AvgIpc) is 3.54. The van der Waals surface area contributed by atoms with Crippen LogP contribution < -0.4 is 16.4 Å². The molecule has 1 aliphatic carbocycles. The largest absolute Gasteiger partial charge is 0.405 e. The Morgan fingerprint density at radius 2 is 2.00 bits per heavy atom. The van der Waals surface area contributed by atoms with E-state index in [1.165, 1.54) is 6.20 Å². The lowest BCUT2D eigenvalue weighted by Gasteiger charge is -2.47. The topological polar surface area (TPSA) is 154 Å². The Kier molecular flexibility index (Phi) is 7.36. The molecule has 2 aromatic heterocycles. The zero-order chi connectivity index (χ0) is 30.1. The number of nitrogens with zero attached hydrogens (tertiary/aromatic N) is 6. The van der Waals surface area contributed by atoms with Gasteiger partial charge in [0.25, 0.3) is 0 Å². The molecule has 42 heavy (non-hydrogen) atoms. The number of hydrogen-bond donors (Lipinski definition) is 3. The molecule has 1 aliphatic heterocycles. The van der Waals surface area contributed by atoms with Crippen molar-refractivity contribution in [1.29, 1.82) is 5.26 Å². The predicted octanol–water partition coefficient (Wildman–Crippen LogP) is 3.75. The molecular weight excluding hydrogens is 551 g/mol. The van der Waals surface area contributed by atoms with E-state index in [-0.39, 0.29) is 23.4 Å². The summed E-state index contributed by atoms with van der Waals surface area (Å²) >= 11 is 0. The van der Waals surface area contributed by atoms with Gasteiger partial charge in [-0.3, -0.25) is 9.79 Å². The molecule has 3 heterocycles. The fourth-order valence-electron chi connectivity index (χ4n) is 4.74. The van der Waals surface area contributed by atoms with Gasteiger partial charge in [-0.25, -0.2) is 14.3 Å². The molecule has 0 unspecified atom stereocenters. The second-order valence-electron chi connectivity index (χ2n) is 10.8. The van der Waals surface area contributed by atoms with Gasteiger partial charge in [-0.1, -0.05) is 19.1 Å². The van der Waals surface area contributed by atoms with E-state index in [0.717, 1.165) is 12.8 Å². The minimum Gasteiger partial charge on any atom is -0.404 e. The molecule has 2 aliphatic rings. The van der Waals surface area contributed by atoms with Crippen molar-refractivity contribution in [2.75, 3.05) is 25.0 Å². The number of nitriles is 1. The van der Waals surface area contributed by atoms with Crippen molar-refractivity contribution < 1.29 is 22.8 Å². The van der Waals surface area contributed by atoms with Crippen molar-refractivity contribution in [2.24, 2.45) is 16.1 Å². The van der Waals surface area contributed by atoms with E-state index in [0.29, 0.717) is 41.1 Å². The van der Waals surface area contributed by atoms with Crippen molar-refractivity contribution in [3.8, 4) is 17.3 Å². The number of aromatic nitrogens is 3. The molecule has 218 valence electrons. The lowest BCUT2D eigenvalue weighted by Crippen LogP contribution is -2.63. The number of benzene rings is 1. The normalized spacial score (nSPS) is 17.5. The van der Waals surface area contributed by atoms with Gasteiger partial charge in [-0.2, -0.15) is 23.5 Å². The van der Waals surface area contributed by atoms with Crippen LogP contribution in [0.3, 0.4) is 0 Å². The van der Waals surface area contributed by atoms with Crippen LogP contribution in [0.5, 0.6) is 0 Å². The number of fused-ring (bicyclic) bond motifs is 1. The number of carbonyl (C=O) groups is 2. The Hall–Kier alpha value is -4.93. The molecule has 0 spiro atoms. The van der Waals surface area contributed by atoms with Gasteiger partial charge in [-0.05, 0) is 31.0 Å². The Morgan fingerprint density at radius 1 is 1.24 bits per heavy atom. The van der Waals surface area contributed by atoms with Crippen LogP contribution >= 0.6 is 0 Å². The van der Waals surface area contributed by atoms with Crippen molar-refractivity contribution in [3.63, 3.8) is 0 Å². The number of carbonyl (C=O) groups excluding carboxylic acids is 2. The summed E-state index contributed by atoms with van der Waals surface area (Å²) in [6.45, 7) is 1.26. The number of nitrogens with one attached hydrogen (secondary N) is 2. The third-order valence-corrected chi connectivity index (χ3v) is 7.40. The van der Waals surface area contributed by atoms with Crippen LogP contribution in [0.1, 0.15) is 31.7 Å². The second kappa shape index (κ2) is 10.8. The number of likely N-dealkylation sites (tertiary alicyclic amines) is 1. The first-order valence-electron chi connectivity index (χ1n) is 13.1. The molecule has 1 aromatic carbocycles. The Labute approximate surface area is 238 Å². The Balaban J connectivity index is 1.30. The number of anilines is 1. The molecule has 0 atom stereocenters. The molecule has 5 rings (SSSR count). The van der Waals surface area contributed by atoms with Crippen LogP contribution in [0.2, 0.25) is 0 Å². The van der Waals surface area contributed by atoms with Gasteiger partial charge < -0.3 is 21.3 Å². The van der Waals surface area contributed by atoms with Gasteiger partial charge in [0.15, 0.2) is 5.65 Å². The minimum atomic E-state index is -4.52. The van der Waals surface area contributed by atoms with E-state index in [4.69, 9.17) is 5.73 Å². The van der Waals surface area contributed by atoms with E-state index in [1.54, 1.807) is 63.7 Å². The molecule has 4 N–H and O–H groups in total. The van der Waals surface area contributed by atoms with E-state index < -0.39 is 24.3 Å². The molecule has 2 fully saturated rings. The zero-order valence-electron chi connectivity index (χ0n) is 22.6. The van der Waals surface area contributed by atoms with E-state index in [2.05, 4.69) is 26.5 Å². The zero-order valence-corrected chi connectivity index (χ0v) is 22.6. The van der Waals surface area contributed by atoms with Gasteiger partial charge in [0.05, 0.1) is 30.6 Å². The summed E-state index contributed by atoms with van der Waals surface area (Å²) in [5.74, 6) is 0.108. The lowest BCUT2D eigenvalue weighted by molar-refractivity contribution is -0.143. The number of hydrogen-bond acceptors (Lipinski definition) is 7. The highest BCUT2D eigenvalue weighted by Crippen LogP contribution is 2.48. The fourth-order valence-corrected chi connectivity index (χ4v) is 4.74. The summed E-state index contributed by atoms with van der Waals surface area (Å²) in [6.07, 6.45) is 3.55. The van der Waals surface area contributed by atoms with E-state index >= 15 is 0 Å². The SMILES string of the molecule is CC1(C(=O)N2CC(CC#N)(N=C/C(=C\N)c3cnn4c(-c5cccc(NC(=O)NCC(F)(F)F)c5)cnc4c3)C2)CC1. The number of halogens is 3. The van der Waals surface area contributed by atoms with Crippen LogP contribution in [0.25, 0.3) is 22.5 Å². The van der Waals surface area contributed by atoms with Gasteiger partial charge in [0.2, 0.25) is 5.91 Å². The number of urea groups is 1. The van der Waals surface area contributed by atoms with Crippen molar-refractivity contribution in [1.82, 2.24) is 24.8 Å². The highest BCUT2D eigenvalue weighted by atomic mass is 19.4. The van der Waals surface area contributed by atoms with Crippen LogP contribution in [0.4, 0.5) is 23.7 Å². The highest BCUT2D eigenvalue weighted by molar-refractivity contribution is 6.10. The Morgan fingerprint density at radius 3 is 2.67 bits per heavy atom. The summed E-state index contributed by atoms with van der Waals surface area (Å²) in [4.78, 5) is 35.4. The first-order chi connectivity index (χ1) is 19.9. The van der Waals surface area contributed by atoms with E-state index in [1.807, 2.05) is 6.92 Å². The highest BCUT2D eigenvalue weighted by Gasteiger charge is 2.53. The van der Waals surface area contributed by atoms with Crippen molar-refractivity contribution >= 4 is 35.1 Å². The standard InChI is InChI=1S/C28H28F3N9O2/c1-26(5-6-26)24(41)39-16-27(17-39,7-8-32)36-12-20(11-33)19-10-23-34-14-22(40(23)37-13-19)18-3-2-4-21(9-18)38-25(42)35-15-28(29,30)31/h2-4,9-14H,5-7,15-17,33H2,1H3,(H2,35,38,42)/b20-11+,36-12?. The maximum Gasteiger partial charge on any atom is 0.405 e. The van der Waals surface area contributed by atoms with Crippen molar-refractivity contribution in [3.05, 3.63) is 54.5 Å². The minimum absolute atomic E-state index is 0.108. The van der Waals surface area contributed by atoms with Gasteiger partial charge in [-0.15, -0.1) is 0 Å². The number of imidazole rings is 1. The molecule has 11 nitrogen and oxygen atoms in total. The summed E-state index contributed by atoms with van der Waals surface area (Å²) < 4.78 is 38.7. The number of alkyl halides is 3. The van der Waals surface area contributed by atoms with Crippen LogP contribution in [0, 0.1) is 16.7 Å². The van der Waals surface area contributed by atoms with Crippen LogP contribution in [0.15, 0.2) is 53.9 Å². The fraction of sp³-hybridized carbons (Fsp3) is 0.357. The molecule has 0 radical (unpaired) electrons. The molecule has 0 bridgehead atoms. The summed E-state index contributed by atoms with van der Waals surface area (Å²) in [5, 5.41) is 18.0. The van der Waals surface area contributed by atoms with Crippen molar-refractivity contribution in [2.45, 2.75) is 37.9 Å². The second-order valence-corrected chi connectivity index (χ2v) is 10.8. The summed E-state index contributed by atoms with van der Waals surface area (Å²) in [6, 6.07) is 9.49. The third-order valence-electron chi connectivity index (χ3n) is 7.40. The average molecular weight is 580 g/mol. The predicted molar refractivity (Wildman–Crippen MR) is 149 cm³/mol. The van der Waals surface area contributed by atoms with Gasteiger partial charge >= 0.3 is 12.2 Å². The van der Waals surface area contributed by atoms with E-state index in [9.17, 15) is 28.0 Å². The molecule has 1 saturated heterocycles. The molecule has 1 saturated carbocycles. The molecule has 14 heteroatoms. The van der Waals surface area contributed by atoms with Gasteiger partial charge in [0, 0.05) is 53.3 Å². The first-order valence-corrected chi connectivity index (χ1v) is 13.1. The Bertz CT molecular complexity index is 1630. The lowest BCUT2D eigenvalue weighted by atomic mass is 9.86. The molecule has 3 amide bonds. The maximum atomic E-state index is 12.7. The number of aliphatic imine (C=N–C) groups is 1. The number of nitrogens with two attached hydrogens (primary N) is 1. The van der Waals surface area contributed by atoms with Gasteiger partial charge in [0.1, 0.15) is 12.1 Å². The number of amides is 3. The smallest absolute Gasteiger partial charge is 0.404 e. The summed E-state index contributed by atoms with van der Waals surface area (Å²) in [7, 11) is 0. The summed E-state index contributed by atoms with van der Waals surface area (Å²) in [5.41, 5.74) is 8.11. The molecule has 3 aromatic rings. The van der Waals surface area contributed by atoms with Crippen LogP contribution in [-0.4, -0.2) is 69.0 Å². The maximum absolute atomic E-state index is 12.7. The van der Waals surface area contributed by atoms with Crippen LogP contribution in [-0.2, 0) is 4.79 Å². The quantitative estimate of drug-likeness (QED) is 0.346. The number of rotatable bonds is 8.